The van der Waals surface area contributed by atoms with E-state index in [0.29, 0.717) is 5.15 Å². The van der Waals surface area contributed by atoms with Crippen LogP contribution in [0.15, 0.2) is 40.6 Å². The SMILES string of the molecule is CSc1ccc2cc(CSc3nncn3C)c(Cl)nc2c1. The molecule has 0 amide bonds. The number of nitrogens with zero attached hydrogens (tertiary/aromatic N) is 4. The summed E-state index contributed by atoms with van der Waals surface area (Å²) in [7, 11) is 1.92. The van der Waals surface area contributed by atoms with Gasteiger partial charge in [0.05, 0.1) is 5.52 Å². The second kappa shape index (κ2) is 6.25. The van der Waals surface area contributed by atoms with E-state index < -0.39 is 0 Å². The molecule has 3 aromatic rings. The van der Waals surface area contributed by atoms with E-state index in [4.69, 9.17) is 11.6 Å². The minimum Gasteiger partial charge on any atom is -0.312 e. The molecule has 0 spiro atoms. The van der Waals surface area contributed by atoms with E-state index in [1.807, 2.05) is 11.6 Å². The number of rotatable bonds is 4. The highest BCUT2D eigenvalue weighted by Crippen LogP contribution is 2.28. The van der Waals surface area contributed by atoms with Gasteiger partial charge in [0.1, 0.15) is 11.5 Å². The molecule has 108 valence electrons. The Bertz CT molecular complexity index is 788. The number of fused-ring (bicyclic) bond motifs is 1. The van der Waals surface area contributed by atoms with E-state index in [2.05, 4.69) is 45.7 Å². The summed E-state index contributed by atoms with van der Waals surface area (Å²) in [6, 6.07) is 8.34. The molecule has 2 heterocycles. The number of aromatic nitrogens is 4. The van der Waals surface area contributed by atoms with Gasteiger partial charge in [0.25, 0.3) is 0 Å². The van der Waals surface area contributed by atoms with Gasteiger partial charge in [0.2, 0.25) is 0 Å². The molecule has 0 atom stereocenters. The van der Waals surface area contributed by atoms with Gasteiger partial charge in [-0.15, -0.1) is 22.0 Å². The smallest absolute Gasteiger partial charge is 0.191 e. The zero-order valence-corrected chi connectivity index (χ0v) is 14.0. The number of aryl methyl sites for hydroxylation is 1. The van der Waals surface area contributed by atoms with Crippen LogP contribution in [0.1, 0.15) is 5.56 Å². The van der Waals surface area contributed by atoms with Crippen LogP contribution in [0, 0.1) is 0 Å². The summed E-state index contributed by atoms with van der Waals surface area (Å²) in [5, 5.41) is 10.4. The van der Waals surface area contributed by atoms with Crippen LogP contribution in [0.5, 0.6) is 0 Å². The average Bonchev–Trinajstić information content (AvgIpc) is 2.90. The fourth-order valence-electron chi connectivity index (χ4n) is 1.94. The summed E-state index contributed by atoms with van der Waals surface area (Å²) < 4.78 is 1.89. The van der Waals surface area contributed by atoms with E-state index in [1.165, 1.54) is 4.90 Å². The van der Waals surface area contributed by atoms with Gasteiger partial charge in [0.15, 0.2) is 5.16 Å². The van der Waals surface area contributed by atoms with Crippen molar-refractivity contribution in [2.24, 2.45) is 7.05 Å². The highest BCUT2D eigenvalue weighted by molar-refractivity contribution is 7.98. The zero-order valence-electron chi connectivity index (χ0n) is 11.6. The maximum Gasteiger partial charge on any atom is 0.191 e. The van der Waals surface area contributed by atoms with Crippen LogP contribution in [0.2, 0.25) is 5.15 Å². The quantitative estimate of drug-likeness (QED) is 0.531. The lowest BCUT2D eigenvalue weighted by atomic mass is 10.2. The Morgan fingerprint density at radius 2 is 2.14 bits per heavy atom. The van der Waals surface area contributed by atoms with Crippen molar-refractivity contribution in [3.63, 3.8) is 0 Å². The number of benzene rings is 1. The second-order valence-electron chi connectivity index (χ2n) is 4.51. The molecule has 0 saturated heterocycles. The van der Waals surface area contributed by atoms with Crippen LogP contribution >= 0.6 is 35.1 Å². The summed E-state index contributed by atoms with van der Waals surface area (Å²) in [4.78, 5) is 5.69. The van der Waals surface area contributed by atoms with E-state index >= 15 is 0 Å². The predicted octanol–water partition coefficient (Wildman–Crippen LogP) is 4.03. The first-order valence-corrected chi connectivity index (χ1v) is 8.86. The van der Waals surface area contributed by atoms with Crippen LogP contribution in [0.25, 0.3) is 10.9 Å². The Kier molecular flexibility index (Phi) is 4.37. The molecule has 3 rings (SSSR count). The zero-order chi connectivity index (χ0) is 14.8. The topological polar surface area (TPSA) is 43.6 Å². The molecule has 4 nitrogen and oxygen atoms in total. The number of hydrogen-bond acceptors (Lipinski definition) is 5. The Balaban J connectivity index is 1.88. The molecule has 0 fully saturated rings. The van der Waals surface area contributed by atoms with E-state index in [9.17, 15) is 0 Å². The van der Waals surface area contributed by atoms with Crippen LogP contribution < -0.4 is 0 Å². The van der Waals surface area contributed by atoms with Crippen LogP contribution in [0.4, 0.5) is 0 Å². The summed E-state index contributed by atoms with van der Waals surface area (Å²) in [5.41, 5.74) is 1.94. The number of pyridine rings is 1. The van der Waals surface area contributed by atoms with Gasteiger partial charge < -0.3 is 4.57 Å². The predicted molar refractivity (Wildman–Crippen MR) is 89.1 cm³/mol. The number of hydrogen-bond donors (Lipinski definition) is 0. The molecule has 21 heavy (non-hydrogen) atoms. The molecule has 7 heteroatoms. The van der Waals surface area contributed by atoms with Gasteiger partial charge in [0, 0.05) is 28.6 Å². The van der Waals surface area contributed by atoms with Crippen LogP contribution in [-0.4, -0.2) is 26.0 Å². The van der Waals surface area contributed by atoms with Crippen molar-refractivity contribution in [2.75, 3.05) is 6.26 Å². The minimum absolute atomic E-state index is 0.551. The Hall–Kier alpha value is -1.24. The second-order valence-corrected chi connectivity index (χ2v) is 6.69. The first-order chi connectivity index (χ1) is 10.2. The third kappa shape index (κ3) is 3.17. The van der Waals surface area contributed by atoms with Crippen LogP contribution in [0.3, 0.4) is 0 Å². The Morgan fingerprint density at radius 1 is 1.29 bits per heavy atom. The molecule has 0 unspecified atom stereocenters. The van der Waals surface area contributed by atoms with Gasteiger partial charge in [-0.1, -0.05) is 29.4 Å². The van der Waals surface area contributed by atoms with Crippen molar-refractivity contribution in [3.8, 4) is 0 Å². The standard InChI is InChI=1S/C14H13ClN4S2/c1-19-8-16-18-14(19)21-7-10-5-9-3-4-11(20-2)6-12(9)17-13(10)15/h3-6,8H,7H2,1-2H3. The third-order valence-electron chi connectivity index (χ3n) is 3.08. The van der Waals surface area contributed by atoms with Crippen molar-refractivity contribution >= 4 is 46.0 Å². The summed E-state index contributed by atoms with van der Waals surface area (Å²) in [6.45, 7) is 0. The summed E-state index contributed by atoms with van der Waals surface area (Å²) in [6.07, 6.45) is 3.74. The lowest BCUT2D eigenvalue weighted by Gasteiger charge is -2.07. The van der Waals surface area contributed by atoms with E-state index in [-0.39, 0.29) is 0 Å². The van der Waals surface area contributed by atoms with Crippen molar-refractivity contribution < 1.29 is 0 Å². The fraction of sp³-hybridized carbons (Fsp3) is 0.214. The molecule has 0 N–H and O–H groups in total. The maximum absolute atomic E-state index is 6.30. The largest absolute Gasteiger partial charge is 0.312 e. The van der Waals surface area contributed by atoms with Gasteiger partial charge in [-0.25, -0.2) is 4.98 Å². The first-order valence-electron chi connectivity index (χ1n) is 6.27. The highest BCUT2D eigenvalue weighted by atomic mass is 35.5. The van der Waals surface area contributed by atoms with Crippen molar-refractivity contribution in [1.82, 2.24) is 19.7 Å². The van der Waals surface area contributed by atoms with Gasteiger partial charge in [-0.05, 0) is 24.5 Å². The molecule has 0 aliphatic carbocycles. The normalized spacial score (nSPS) is 11.2. The fourth-order valence-corrected chi connectivity index (χ4v) is 3.53. The first kappa shape index (κ1) is 14.7. The monoisotopic (exact) mass is 336 g/mol. The van der Waals surface area contributed by atoms with Gasteiger partial charge in [-0.3, -0.25) is 0 Å². The summed E-state index contributed by atoms with van der Waals surface area (Å²) in [5.74, 6) is 0.721. The highest BCUT2D eigenvalue weighted by Gasteiger charge is 2.08. The summed E-state index contributed by atoms with van der Waals surface area (Å²) >= 11 is 9.60. The number of halogens is 1. The molecule has 0 bridgehead atoms. The van der Waals surface area contributed by atoms with Gasteiger partial charge >= 0.3 is 0 Å². The molecular formula is C14H13ClN4S2. The molecule has 0 radical (unpaired) electrons. The molecule has 0 aliphatic rings. The Labute approximate surface area is 136 Å². The Morgan fingerprint density at radius 3 is 2.86 bits per heavy atom. The van der Waals surface area contributed by atoms with E-state index in [0.717, 1.165) is 27.4 Å². The lowest BCUT2D eigenvalue weighted by molar-refractivity contribution is 0.788. The van der Waals surface area contributed by atoms with Crippen molar-refractivity contribution in [2.45, 2.75) is 15.8 Å². The lowest BCUT2D eigenvalue weighted by Crippen LogP contribution is -1.92. The molecule has 0 aliphatic heterocycles. The third-order valence-corrected chi connectivity index (χ3v) is 5.21. The maximum atomic E-state index is 6.30. The van der Waals surface area contributed by atoms with Gasteiger partial charge in [-0.2, -0.15) is 0 Å². The molecular weight excluding hydrogens is 324 g/mol. The van der Waals surface area contributed by atoms with Crippen molar-refractivity contribution in [3.05, 3.63) is 41.3 Å². The molecule has 2 aromatic heterocycles. The average molecular weight is 337 g/mol. The number of thioether (sulfide) groups is 2. The molecule has 0 saturated carbocycles. The minimum atomic E-state index is 0.551. The van der Waals surface area contributed by atoms with Crippen LogP contribution in [-0.2, 0) is 12.8 Å². The van der Waals surface area contributed by atoms with E-state index in [1.54, 1.807) is 29.9 Å². The molecule has 1 aromatic carbocycles. The van der Waals surface area contributed by atoms with Crippen molar-refractivity contribution in [1.29, 1.82) is 0 Å².